The molecule has 4 nitrogen and oxygen atoms in total. The highest BCUT2D eigenvalue weighted by Crippen LogP contribution is 2.20. The first-order valence-electron chi connectivity index (χ1n) is 6.90. The van der Waals surface area contributed by atoms with Crippen LogP contribution < -0.4 is 5.32 Å². The number of hydrogen-bond acceptors (Lipinski definition) is 4. The summed E-state index contributed by atoms with van der Waals surface area (Å²) >= 11 is 0. The van der Waals surface area contributed by atoms with E-state index in [0.717, 1.165) is 19.3 Å². The monoisotopic (exact) mass is 245 g/mol. The van der Waals surface area contributed by atoms with Crippen molar-refractivity contribution >= 4 is 0 Å². The number of rotatable bonds is 8. The quantitative estimate of drug-likeness (QED) is 0.598. The van der Waals surface area contributed by atoms with Crippen molar-refractivity contribution < 1.29 is 14.9 Å². The molecule has 0 bridgehead atoms. The van der Waals surface area contributed by atoms with Gasteiger partial charge in [-0.05, 0) is 19.3 Å². The molecule has 0 spiro atoms. The molecule has 1 aliphatic carbocycles. The zero-order chi connectivity index (χ0) is 12.5. The summed E-state index contributed by atoms with van der Waals surface area (Å²) in [7, 11) is 0. The summed E-state index contributed by atoms with van der Waals surface area (Å²) in [6, 6.07) is 0.0827. The Balaban J connectivity index is 2.05. The minimum atomic E-state index is -0.475. The van der Waals surface area contributed by atoms with E-state index in [4.69, 9.17) is 9.84 Å². The Morgan fingerprint density at radius 1 is 1.29 bits per heavy atom. The van der Waals surface area contributed by atoms with Gasteiger partial charge in [0.1, 0.15) is 0 Å². The van der Waals surface area contributed by atoms with Gasteiger partial charge < -0.3 is 20.3 Å². The van der Waals surface area contributed by atoms with Gasteiger partial charge in [0.15, 0.2) is 0 Å². The lowest BCUT2D eigenvalue weighted by molar-refractivity contribution is -0.0240. The molecule has 3 N–H and O–H groups in total. The number of nitrogens with one attached hydrogen (secondary N) is 1. The fourth-order valence-corrected chi connectivity index (χ4v) is 2.18. The first kappa shape index (κ1) is 14.9. The minimum absolute atomic E-state index is 0.0827. The summed E-state index contributed by atoms with van der Waals surface area (Å²) in [4.78, 5) is 0. The second-order valence-corrected chi connectivity index (χ2v) is 4.94. The molecule has 0 aliphatic heterocycles. The van der Waals surface area contributed by atoms with Gasteiger partial charge in [-0.1, -0.05) is 26.2 Å². The average Bonchev–Trinajstić information content (AvgIpc) is 2.39. The maximum atomic E-state index is 9.75. The summed E-state index contributed by atoms with van der Waals surface area (Å²) in [5, 5.41) is 21.9. The van der Waals surface area contributed by atoms with Gasteiger partial charge >= 0.3 is 0 Å². The number of aliphatic hydroxyl groups excluding tert-OH is 2. The van der Waals surface area contributed by atoms with Crippen molar-refractivity contribution in [1.82, 2.24) is 5.32 Å². The second kappa shape index (κ2) is 8.86. The zero-order valence-corrected chi connectivity index (χ0v) is 10.9. The standard InChI is InChI=1S/C13H27NO3/c1-2-11(9-15)14-8-12(16)10-17-13-6-4-3-5-7-13/h11-16H,2-10H2,1H3. The molecule has 1 saturated carbocycles. The molecule has 2 unspecified atom stereocenters. The van der Waals surface area contributed by atoms with Crippen LogP contribution in [-0.2, 0) is 4.74 Å². The van der Waals surface area contributed by atoms with Crippen LogP contribution in [0.4, 0.5) is 0 Å². The average molecular weight is 245 g/mol. The van der Waals surface area contributed by atoms with Crippen LogP contribution in [0.25, 0.3) is 0 Å². The van der Waals surface area contributed by atoms with Gasteiger partial charge in [-0.15, -0.1) is 0 Å². The van der Waals surface area contributed by atoms with E-state index < -0.39 is 6.10 Å². The molecule has 0 aromatic rings. The van der Waals surface area contributed by atoms with Gasteiger partial charge in [-0.3, -0.25) is 0 Å². The molecule has 0 amide bonds. The molecule has 17 heavy (non-hydrogen) atoms. The predicted molar refractivity (Wildman–Crippen MR) is 68.0 cm³/mol. The normalized spacial score (nSPS) is 21.4. The van der Waals surface area contributed by atoms with E-state index in [0.29, 0.717) is 19.3 Å². The van der Waals surface area contributed by atoms with Crippen molar-refractivity contribution in [3.8, 4) is 0 Å². The largest absolute Gasteiger partial charge is 0.395 e. The number of ether oxygens (including phenoxy) is 1. The Labute approximate surface area is 104 Å². The molecule has 4 heteroatoms. The fraction of sp³-hybridized carbons (Fsp3) is 1.00. The maximum absolute atomic E-state index is 9.75. The first-order chi connectivity index (χ1) is 8.26. The summed E-state index contributed by atoms with van der Waals surface area (Å²) < 4.78 is 5.69. The van der Waals surface area contributed by atoms with Gasteiger partial charge in [0, 0.05) is 12.6 Å². The lowest BCUT2D eigenvalue weighted by atomic mass is 9.98. The highest BCUT2D eigenvalue weighted by Gasteiger charge is 2.15. The molecular weight excluding hydrogens is 218 g/mol. The van der Waals surface area contributed by atoms with E-state index in [1.165, 1.54) is 19.3 Å². The summed E-state index contributed by atoms with van der Waals surface area (Å²) in [5.41, 5.74) is 0. The van der Waals surface area contributed by atoms with Crippen LogP contribution in [0.2, 0.25) is 0 Å². The molecule has 0 radical (unpaired) electrons. The van der Waals surface area contributed by atoms with Gasteiger partial charge in [0.05, 0.1) is 25.4 Å². The van der Waals surface area contributed by atoms with Crippen molar-refractivity contribution in [2.24, 2.45) is 0 Å². The van der Waals surface area contributed by atoms with Crippen LogP contribution >= 0.6 is 0 Å². The Kier molecular flexibility index (Phi) is 7.77. The number of aliphatic hydroxyl groups is 2. The highest BCUT2D eigenvalue weighted by molar-refractivity contribution is 4.69. The van der Waals surface area contributed by atoms with Gasteiger partial charge in [-0.25, -0.2) is 0 Å². The highest BCUT2D eigenvalue weighted by atomic mass is 16.5. The summed E-state index contributed by atoms with van der Waals surface area (Å²) in [6.07, 6.45) is 6.83. The van der Waals surface area contributed by atoms with Crippen LogP contribution in [0.1, 0.15) is 45.4 Å². The molecule has 102 valence electrons. The molecule has 1 aliphatic rings. The first-order valence-corrected chi connectivity index (χ1v) is 6.90. The van der Waals surface area contributed by atoms with Crippen LogP contribution in [0.3, 0.4) is 0 Å². The summed E-state index contributed by atoms with van der Waals surface area (Å²) in [5.74, 6) is 0. The topological polar surface area (TPSA) is 61.7 Å². The summed E-state index contributed by atoms with van der Waals surface area (Å²) in [6.45, 7) is 3.02. The second-order valence-electron chi connectivity index (χ2n) is 4.94. The van der Waals surface area contributed by atoms with Crippen molar-refractivity contribution in [3.05, 3.63) is 0 Å². The predicted octanol–water partition coefficient (Wildman–Crippen LogP) is 1.06. The molecule has 0 saturated heterocycles. The molecule has 0 aromatic carbocycles. The number of hydrogen-bond donors (Lipinski definition) is 3. The van der Waals surface area contributed by atoms with E-state index in [-0.39, 0.29) is 12.6 Å². The van der Waals surface area contributed by atoms with E-state index in [2.05, 4.69) is 5.32 Å². The van der Waals surface area contributed by atoms with Gasteiger partial charge in [-0.2, -0.15) is 0 Å². The van der Waals surface area contributed by atoms with Crippen LogP contribution in [0, 0.1) is 0 Å². The molecule has 0 heterocycles. The van der Waals surface area contributed by atoms with E-state index in [1.807, 2.05) is 6.92 Å². The maximum Gasteiger partial charge on any atom is 0.0897 e. The van der Waals surface area contributed by atoms with E-state index in [1.54, 1.807) is 0 Å². The van der Waals surface area contributed by atoms with Crippen molar-refractivity contribution in [2.45, 2.75) is 63.7 Å². The third-order valence-corrected chi connectivity index (χ3v) is 3.43. The lowest BCUT2D eigenvalue weighted by Crippen LogP contribution is -2.39. The van der Waals surface area contributed by atoms with Crippen molar-refractivity contribution in [3.63, 3.8) is 0 Å². The molecular formula is C13H27NO3. The van der Waals surface area contributed by atoms with Crippen LogP contribution in [-0.4, -0.2) is 48.2 Å². The van der Waals surface area contributed by atoms with Gasteiger partial charge in [0.25, 0.3) is 0 Å². The molecule has 1 fully saturated rings. The van der Waals surface area contributed by atoms with Crippen molar-refractivity contribution in [2.75, 3.05) is 19.8 Å². The van der Waals surface area contributed by atoms with E-state index in [9.17, 15) is 5.11 Å². The molecule has 2 atom stereocenters. The minimum Gasteiger partial charge on any atom is -0.395 e. The SMILES string of the molecule is CCC(CO)NCC(O)COC1CCCCC1. The van der Waals surface area contributed by atoms with Crippen molar-refractivity contribution in [1.29, 1.82) is 0 Å². The Morgan fingerprint density at radius 3 is 2.59 bits per heavy atom. The molecule has 0 aromatic heterocycles. The van der Waals surface area contributed by atoms with Crippen LogP contribution in [0.15, 0.2) is 0 Å². The van der Waals surface area contributed by atoms with E-state index >= 15 is 0 Å². The lowest BCUT2D eigenvalue weighted by Gasteiger charge is -2.24. The van der Waals surface area contributed by atoms with Crippen LogP contribution in [0.5, 0.6) is 0 Å². The third kappa shape index (κ3) is 6.36. The van der Waals surface area contributed by atoms with Gasteiger partial charge in [0.2, 0.25) is 0 Å². The Morgan fingerprint density at radius 2 is 2.00 bits per heavy atom. The fourth-order valence-electron chi connectivity index (χ4n) is 2.18. The Bertz CT molecular complexity index is 180. The molecule has 1 rings (SSSR count). The Hall–Kier alpha value is -0.160. The third-order valence-electron chi connectivity index (χ3n) is 3.43. The smallest absolute Gasteiger partial charge is 0.0897 e. The zero-order valence-electron chi connectivity index (χ0n) is 10.9.